The summed E-state index contributed by atoms with van der Waals surface area (Å²) in [7, 11) is 0. The first-order valence-electron chi connectivity index (χ1n) is 9.32. The van der Waals surface area contributed by atoms with E-state index in [9.17, 15) is 14.4 Å². The van der Waals surface area contributed by atoms with E-state index in [1.807, 2.05) is 4.90 Å². The fourth-order valence-corrected chi connectivity index (χ4v) is 2.94. The molecule has 0 radical (unpaired) electrons. The summed E-state index contributed by atoms with van der Waals surface area (Å²) in [5.74, 6) is -2.01. The number of aromatic nitrogens is 2. The van der Waals surface area contributed by atoms with Crippen LogP contribution in [0, 0.1) is 6.20 Å². The van der Waals surface area contributed by atoms with E-state index in [4.69, 9.17) is 21.1 Å². The van der Waals surface area contributed by atoms with Crippen LogP contribution in [0.15, 0.2) is 23.6 Å². The molecule has 162 valence electrons. The van der Waals surface area contributed by atoms with Gasteiger partial charge in [-0.3, -0.25) is 19.3 Å². The molecule has 1 aromatic heterocycles. The smallest absolute Gasteiger partial charge is 0.325 e. The van der Waals surface area contributed by atoms with Crippen LogP contribution in [-0.2, 0) is 27.5 Å². The van der Waals surface area contributed by atoms with Crippen molar-refractivity contribution in [3.05, 3.63) is 30.6 Å². The van der Waals surface area contributed by atoms with Gasteiger partial charge in [-0.05, 0) is 12.8 Å². The number of nitrogens with zero attached hydrogens (tertiary/aromatic N) is 5. The fraction of sp³-hybridized carbons (Fsp3) is 0.500. The maximum atomic E-state index is 11.0. The number of amidine groups is 1. The van der Waals surface area contributed by atoms with Gasteiger partial charge in [0.1, 0.15) is 31.5 Å². The Bertz CT molecular complexity index is 820. The van der Waals surface area contributed by atoms with E-state index in [1.165, 1.54) is 21.9 Å². The van der Waals surface area contributed by atoms with Gasteiger partial charge in [-0.2, -0.15) is 0 Å². The first-order valence-corrected chi connectivity index (χ1v) is 9.32. The molecule has 2 rings (SSSR count). The van der Waals surface area contributed by atoms with E-state index < -0.39 is 23.9 Å². The van der Waals surface area contributed by atoms with E-state index in [1.54, 1.807) is 6.20 Å². The summed E-state index contributed by atoms with van der Waals surface area (Å²) in [4.78, 5) is 44.7. The third kappa shape index (κ3) is 7.24. The topological polar surface area (TPSA) is 175 Å². The van der Waals surface area contributed by atoms with Crippen LogP contribution in [0.1, 0.15) is 25.1 Å². The molecular formula is C18H25N6O6+. The van der Waals surface area contributed by atoms with Gasteiger partial charge in [0.25, 0.3) is 5.84 Å². The Morgan fingerprint density at radius 2 is 1.87 bits per heavy atom. The van der Waals surface area contributed by atoms with Gasteiger partial charge in [0.05, 0.1) is 6.54 Å². The minimum Gasteiger partial charge on any atom is -0.480 e. The largest absolute Gasteiger partial charge is 0.480 e. The molecule has 1 aliphatic rings. The zero-order valence-electron chi connectivity index (χ0n) is 16.3. The van der Waals surface area contributed by atoms with Crippen LogP contribution in [0.3, 0.4) is 0 Å². The number of imidazole rings is 1. The third-order valence-electron chi connectivity index (χ3n) is 4.44. The van der Waals surface area contributed by atoms with Crippen molar-refractivity contribution >= 4 is 23.7 Å². The number of nitrogens with two attached hydrogens (primary N) is 1. The Balaban J connectivity index is 2.03. The standard InChI is InChI=1S/C18H24N6O6/c19-13(18(29)30)3-1-2-6-22(9-14-20-4-7-23(14)11-16(25)26)10-15-21-5-8-24(15)12-17(27)28/h4,7-8,13H,1-3,6,9-12,19H2,(H2-,25,26,27,28,29,30)/p+1/t13-/m0/s1. The molecule has 12 heteroatoms. The zero-order chi connectivity index (χ0) is 22.1. The fourth-order valence-electron chi connectivity index (χ4n) is 2.94. The first kappa shape index (κ1) is 22.9. The predicted molar refractivity (Wildman–Crippen MR) is 104 cm³/mol. The van der Waals surface area contributed by atoms with Crippen LogP contribution in [0.25, 0.3) is 0 Å². The number of carboxylic acids is 3. The van der Waals surface area contributed by atoms with Crippen molar-refractivity contribution in [2.75, 3.05) is 19.6 Å². The second-order valence-corrected chi connectivity index (χ2v) is 6.82. The molecule has 0 saturated heterocycles. The van der Waals surface area contributed by atoms with Gasteiger partial charge < -0.3 is 25.6 Å². The molecule has 0 fully saturated rings. The van der Waals surface area contributed by atoms with Gasteiger partial charge in [0, 0.05) is 23.9 Å². The number of rotatable bonds is 14. The van der Waals surface area contributed by atoms with E-state index in [2.05, 4.69) is 16.2 Å². The molecule has 0 unspecified atom stereocenters. The highest BCUT2D eigenvalue weighted by Gasteiger charge is 2.28. The Morgan fingerprint density at radius 3 is 2.53 bits per heavy atom. The lowest BCUT2D eigenvalue weighted by Gasteiger charge is -2.21. The average molecular weight is 421 g/mol. The molecule has 5 N–H and O–H groups in total. The molecular weight excluding hydrogens is 396 g/mol. The van der Waals surface area contributed by atoms with Gasteiger partial charge >= 0.3 is 17.9 Å². The monoisotopic (exact) mass is 421 g/mol. The highest BCUT2D eigenvalue weighted by Crippen LogP contribution is 2.11. The molecule has 0 bridgehead atoms. The van der Waals surface area contributed by atoms with Gasteiger partial charge in [0.2, 0.25) is 6.20 Å². The summed E-state index contributed by atoms with van der Waals surface area (Å²) in [6, 6.07) is -0.919. The van der Waals surface area contributed by atoms with E-state index in [-0.39, 0.29) is 13.1 Å². The predicted octanol–water partition coefficient (Wildman–Crippen LogP) is -0.575. The molecule has 1 aliphatic heterocycles. The highest BCUT2D eigenvalue weighted by atomic mass is 16.4. The van der Waals surface area contributed by atoms with Crippen LogP contribution in [0.5, 0.6) is 0 Å². The highest BCUT2D eigenvalue weighted by molar-refractivity contribution is 5.89. The maximum absolute atomic E-state index is 11.0. The van der Waals surface area contributed by atoms with E-state index >= 15 is 0 Å². The number of hydrogen-bond donors (Lipinski definition) is 4. The molecule has 30 heavy (non-hydrogen) atoms. The van der Waals surface area contributed by atoms with Gasteiger partial charge in [-0.15, -0.1) is 0 Å². The van der Waals surface area contributed by atoms with Crippen LogP contribution >= 0.6 is 0 Å². The van der Waals surface area contributed by atoms with Crippen LogP contribution in [-0.4, -0.2) is 84.1 Å². The summed E-state index contributed by atoms with van der Waals surface area (Å²) in [6.07, 6.45) is 8.75. The number of aliphatic imine (C=N–C) groups is 1. The lowest BCUT2D eigenvalue weighted by Crippen LogP contribution is -2.39. The number of carboxylic acid groups (broad SMARTS) is 3. The lowest BCUT2D eigenvalue weighted by molar-refractivity contribution is -0.139. The van der Waals surface area contributed by atoms with Crippen LogP contribution < -0.4 is 5.73 Å². The van der Waals surface area contributed by atoms with E-state index in [0.717, 1.165) is 0 Å². The molecule has 0 spiro atoms. The lowest BCUT2D eigenvalue weighted by atomic mass is 10.1. The Labute approximate surface area is 172 Å². The Kier molecular flexibility index (Phi) is 8.41. The molecule has 1 aromatic rings. The van der Waals surface area contributed by atoms with Crippen LogP contribution in [0.2, 0.25) is 0 Å². The van der Waals surface area contributed by atoms with Crippen molar-refractivity contribution < 1.29 is 29.7 Å². The van der Waals surface area contributed by atoms with Crippen molar-refractivity contribution in [2.45, 2.75) is 38.4 Å². The van der Waals surface area contributed by atoms with Crippen molar-refractivity contribution in [1.29, 1.82) is 0 Å². The quantitative estimate of drug-likeness (QED) is 0.225. The molecule has 1 atom stereocenters. The minimum absolute atomic E-state index is 0.224. The van der Waals surface area contributed by atoms with Crippen molar-refractivity contribution in [3.8, 4) is 0 Å². The van der Waals surface area contributed by atoms with Crippen molar-refractivity contribution in [1.82, 2.24) is 19.4 Å². The number of unbranched alkanes of at least 4 members (excludes halogenated alkanes) is 1. The van der Waals surface area contributed by atoms with Gasteiger partial charge in [-0.25, -0.2) is 9.88 Å². The second kappa shape index (κ2) is 11.0. The van der Waals surface area contributed by atoms with Crippen LogP contribution in [0.4, 0.5) is 0 Å². The normalized spacial score (nSPS) is 13.9. The Morgan fingerprint density at radius 1 is 1.13 bits per heavy atom. The molecule has 0 aliphatic carbocycles. The summed E-state index contributed by atoms with van der Waals surface area (Å²) in [5, 5.41) is 27.0. The zero-order valence-corrected chi connectivity index (χ0v) is 16.3. The Hall–Kier alpha value is -3.34. The number of aliphatic carboxylic acids is 3. The van der Waals surface area contributed by atoms with Crippen molar-refractivity contribution in [2.24, 2.45) is 10.7 Å². The van der Waals surface area contributed by atoms with Gasteiger partial charge in [0.15, 0.2) is 6.20 Å². The first-order chi connectivity index (χ1) is 14.3. The number of hydrogen-bond acceptors (Lipinski definition) is 8. The van der Waals surface area contributed by atoms with Gasteiger partial charge in [-0.1, -0.05) is 6.42 Å². The minimum atomic E-state index is -1.05. The summed E-state index contributed by atoms with van der Waals surface area (Å²) in [5.41, 5.74) is 5.53. The maximum Gasteiger partial charge on any atom is 0.325 e. The summed E-state index contributed by atoms with van der Waals surface area (Å²) < 4.78 is 1.52. The molecule has 2 heterocycles. The third-order valence-corrected chi connectivity index (χ3v) is 4.44. The average Bonchev–Trinajstić information content (AvgIpc) is 3.27. The molecule has 0 amide bonds. The summed E-state index contributed by atoms with van der Waals surface area (Å²) in [6.45, 7) is 0.665. The van der Waals surface area contributed by atoms with Crippen molar-refractivity contribution in [3.63, 3.8) is 0 Å². The SMILES string of the molecule is N[C@@H](CCCCN(CC1=N[C+]=CN1CC(=O)O)Cc1nccn1CC(=O)O)C(=O)O. The molecule has 0 saturated carbocycles. The number of carbonyl (C=O) groups is 3. The van der Waals surface area contributed by atoms with E-state index in [0.29, 0.717) is 50.6 Å². The molecule has 12 nitrogen and oxygen atoms in total. The summed E-state index contributed by atoms with van der Waals surface area (Å²) >= 11 is 0. The second-order valence-electron chi connectivity index (χ2n) is 6.82. The molecule has 0 aromatic carbocycles.